The van der Waals surface area contributed by atoms with Crippen molar-refractivity contribution in [3.63, 3.8) is 0 Å². The van der Waals surface area contributed by atoms with E-state index in [0.717, 1.165) is 11.3 Å². The molecule has 0 unspecified atom stereocenters. The Morgan fingerprint density at radius 2 is 2.04 bits per heavy atom. The average Bonchev–Trinajstić information content (AvgIpc) is 3.33. The van der Waals surface area contributed by atoms with Crippen molar-refractivity contribution in [2.24, 2.45) is 0 Å². The summed E-state index contributed by atoms with van der Waals surface area (Å²) in [5.41, 5.74) is 1.95. The van der Waals surface area contributed by atoms with E-state index in [9.17, 15) is 4.79 Å². The third-order valence-electron chi connectivity index (χ3n) is 4.09. The van der Waals surface area contributed by atoms with Gasteiger partial charge in [0.1, 0.15) is 5.75 Å². The summed E-state index contributed by atoms with van der Waals surface area (Å²) >= 11 is 0. The first-order valence-electron chi connectivity index (χ1n) is 8.01. The molecule has 0 fully saturated rings. The summed E-state index contributed by atoms with van der Waals surface area (Å²) in [6.07, 6.45) is 1.74. The van der Waals surface area contributed by atoms with Crippen LogP contribution >= 0.6 is 0 Å². The molecule has 128 valence electrons. The van der Waals surface area contributed by atoms with Crippen LogP contribution in [0.2, 0.25) is 0 Å². The van der Waals surface area contributed by atoms with E-state index in [1.165, 1.54) is 0 Å². The number of hydrogen-bond acceptors (Lipinski definition) is 5. The first-order chi connectivity index (χ1) is 12.2. The van der Waals surface area contributed by atoms with Crippen LogP contribution in [0, 0.1) is 0 Å². The SMILES string of the molecule is O=C(c1ccc(Oc2ccccc2)o1)N1Cc2cnn(CCO)c2C1. The third-order valence-corrected chi connectivity index (χ3v) is 4.09. The van der Waals surface area contributed by atoms with Crippen molar-refractivity contribution in [1.82, 2.24) is 14.7 Å². The molecule has 1 N–H and O–H groups in total. The largest absolute Gasteiger partial charge is 0.426 e. The molecule has 1 aliphatic rings. The number of aliphatic hydroxyl groups is 1. The molecule has 7 heteroatoms. The van der Waals surface area contributed by atoms with Crippen molar-refractivity contribution < 1.29 is 19.1 Å². The molecule has 0 radical (unpaired) electrons. The summed E-state index contributed by atoms with van der Waals surface area (Å²) in [5, 5.41) is 13.3. The molecule has 0 bridgehead atoms. The minimum absolute atomic E-state index is 0.0143. The standard InChI is InChI=1S/C18H17N3O4/c22-9-8-21-15-12-20(11-13(15)10-19-21)18(23)16-6-7-17(25-16)24-14-4-2-1-3-5-14/h1-7,10,22H,8-9,11-12H2. The summed E-state index contributed by atoms with van der Waals surface area (Å²) in [6, 6.07) is 12.5. The van der Waals surface area contributed by atoms with Gasteiger partial charge in [-0.05, 0) is 18.2 Å². The van der Waals surface area contributed by atoms with E-state index in [1.807, 2.05) is 30.3 Å². The van der Waals surface area contributed by atoms with Gasteiger partial charge in [0.25, 0.3) is 11.9 Å². The number of carbonyl (C=O) groups excluding carboxylic acids is 1. The van der Waals surface area contributed by atoms with Crippen molar-refractivity contribution in [3.8, 4) is 11.7 Å². The second-order valence-electron chi connectivity index (χ2n) is 5.76. The fraction of sp³-hybridized carbons (Fsp3) is 0.222. The Bertz CT molecular complexity index is 885. The average molecular weight is 339 g/mol. The van der Waals surface area contributed by atoms with E-state index >= 15 is 0 Å². The predicted molar refractivity (Wildman–Crippen MR) is 88.1 cm³/mol. The minimum Gasteiger partial charge on any atom is -0.426 e. The van der Waals surface area contributed by atoms with Gasteiger partial charge in [-0.25, -0.2) is 0 Å². The fourth-order valence-electron chi connectivity index (χ4n) is 2.89. The van der Waals surface area contributed by atoms with Crippen LogP contribution in [-0.4, -0.2) is 32.3 Å². The van der Waals surface area contributed by atoms with E-state index in [2.05, 4.69) is 5.10 Å². The molecular formula is C18H17N3O4. The highest BCUT2D eigenvalue weighted by Gasteiger charge is 2.29. The summed E-state index contributed by atoms with van der Waals surface area (Å²) in [7, 11) is 0. The first kappa shape index (κ1) is 15.5. The fourth-order valence-corrected chi connectivity index (χ4v) is 2.89. The third kappa shape index (κ3) is 3.01. The van der Waals surface area contributed by atoms with Crippen molar-refractivity contribution >= 4 is 5.91 Å². The highest BCUT2D eigenvalue weighted by Crippen LogP contribution is 2.27. The Kier molecular flexibility index (Phi) is 3.99. The number of aromatic nitrogens is 2. The molecule has 1 aliphatic heterocycles. The topological polar surface area (TPSA) is 80.7 Å². The van der Waals surface area contributed by atoms with E-state index in [1.54, 1.807) is 27.9 Å². The molecule has 2 aromatic heterocycles. The lowest BCUT2D eigenvalue weighted by Gasteiger charge is -2.14. The van der Waals surface area contributed by atoms with E-state index in [-0.39, 0.29) is 24.2 Å². The number of benzene rings is 1. The Balaban J connectivity index is 1.45. The molecule has 1 amide bonds. The van der Waals surface area contributed by atoms with Gasteiger partial charge >= 0.3 is 0 Å². The highest BCUT2D eigenvalue weighted by molar-refractivity contribution is 5.92. The van der Waals surface area contributed by atoms with Crippen LogP contribution in [0.1, 0.15) is 21.8 Å². The van der Waals surface area contributed by atoms with Gasteiger partial charge in [0, 0.05) is 18.2 Å². The van der Waals surface area contributed by atoms with Gasteiger partial charge in [0.15, 0.2) is 5.76 Å². The second kappa shape index (κ2) is 6.45. The lowest BCUT2D eigenvalue weighted by Crippen LogP contribution is -2.26. The van der Waals surface area contributed by atoms with Crippen molar-refractivity contribution in [2.75, 3.05) is 6.61 Å². The van der Waals surface area contributed by atoms with Crippen molar-refractivity contribution in [1.29, 1.82) is 0 Å². The van der Waals surface area contributed by atoms with Gasteiger partial charge < -0.3 is 19.2 Å². The van der Waals surface area contributed by atoms with Crippen LogP contribution in [0.4, 0.5) is 0 Å². The maximum absolute atomic E-state index is 12.6. The van der Waals surface area contributed by atoms with Crippen LogP contribution < -0.4 is 4.74 Å². The van der Waals surface area contributed by atoms with Crippen LogP contribution in [-0.2, 0) is 19.6 Å². The van der Waals surface area contributed by atoms with Gasteiger partial charge in [0.05, 0.1) is 31.6 Å². The summed E-state index contributed by atoms with van der Waals surface area (Å²) in [4.78, 5) is 14.3. The molecular weight excluding hydrogens is 322 g/mol. The number of rotatable bonds is 5. The number of carbonyl (C=O) groups is 1. The molecule has 7 nitrogen and oxygen atoms in total. The molecule has 25 heavy (non-hydrogen) atoms. The Morgan fingerprint density at radius 1 is 1.20 bits per heavy atom. The van der Waals surface area contributed by atoms with Gasteiger partial charge in [0.2, 0.25) is 0 Å². The number of fused-ring (bicyclic) bond motifs is 1. The zero-order valence-electron chi connectivity index (χ0n) is 13.5. The van der Waals surface area contributed by atoms with Crippen LogP contribution in [0.5, 0.6) is 11.7 Å². The maximum Gasteiger partial charge on any atom is 0.290 e. The Hall–Kier alpha value is -3.06. The number of hydrogen-bond donors (Lipinski definition) is 1. The van der Waals surface area contributed by atoms with Crippen LogP contribution in [0.3, 0.4) is 0 Å². The Morgan fingerprint density at radius 3 is 2.84 bits per heavy atom. The van der Waals surface area contributed by atoms with Crippen LogP contribution in [0.15, 0.2) is 53.1 Å². The van der Waals surface area contributed by atoms with Crippen LogP contribution in [0.25, 0.3) is 0 Å². The number of ether oxygens (including phenoxy) is 1. The molecule has 3 heterocycles. The lowest BCUT2D eigenvalue weighted by atomic mass is 10.3. The normalized spacial score (nSPS) is 13.1. The molecule has 0 saturated heterocycles. The molecule has 3 aromatic rings. The van der Waals surface area contributed by atoms with Crippen molar-refractivity contribution in [2.45, 2.75) is 19.6 Å². The first-order valence-corrected chi connectivity index (χ1v) is 8.01. The number of para-hydroxylation sites is 1. The van der Waals surface area contributed by atoms with Gasteiger partial charge in [-0.1, -0.05) is 18.2 Å². The monoisotopic (exact) mass is 339 g/mol. The zero-order chi connectivity index (χ0) is 17.2. The van der Waals surface area contributed by atoms with Gasteiger partial charge in [-0.2, -0.15) is 5.10 Å². The molecule has 0 spiro atoms. The second-order valence-corrected chi connectivity index (χ2v) is 5.76. The summed E-state index contributed by atoms with van der Waals surface area (Å²) in [5.74, 6) is 0.957. The molecule has 0 atom stereocenters. The van der Waals surface area contributed by atoms with E-state index < -0.39 is 0 Å². The number of furan rings is 1. The maximum atomic E-state index is 12.6. The number of aliphatic hydroxyl groups excluding tert-OH is 1. The summed E-state index contributed by atoms with van der Waals surface area (Å²) < 4.78 is 12.9. The van der Waals surface area contributed by atoms with E-state index in [4.69, 9.17) is 14.3 Å². The lowest BCUT2D eigenvalue weighted by molar-refractivity contribution is 0.0710. The number of nitrogens with zero attached hydrogens (tertiary/aromatic N) is 3. The zero-order valence-corrected chi connectivity index (χ0v) is 13.5. The molecule has 1 aromatic carbocycles. The smallest absolute Gasteiger partial charge is 0.290 e. The van der Waals surface area contributed by atoms with Gasteiger partial charge in [-0.3, -0.25) is 9.48 Å². The number of amides is 1. The Labute approximate surface area is 144 Å². The minimum atomic E-state index is -0.199. The quantitative estimate of drug-likeness (QED) is 0.772. The highest BCUT2D eigenvalue weighted by atomic mass is 16.6. The molecule has 0 aliphatic carbocycles. The molecule has 0 saturated carbocycles. The summed E-state index contributed by atoms with van der Waals surface area (Å²) in [6.45, 7) is 1.37. The van der Waals surface area contributed by atoms with Crippen molar-refractivity contribution in [3.05, 3.63) is 65.7 Å². The van der Waals surface area contributed by atoms with E-state index in [0.29, 0.717) is 25.4 Å². The molecule has 4 rings (SSSR count). The predicted octanol–water partition coefficient (Wildman–Crippen LogP) is 2.42. The van der Waals surface area contributed by atoms with Gasteiger partial charge in [-0.15, -0.1) is 0 Å².